The van der Waals surface area contributed by atoms with Crippen molar-refractivity contribution >= 4 is 53.0 Å². The van der Waals surface area contributed by atoms with Gasteiger partial charge in [-0.3, -0.25) is 29.4 Å². The van der Waals surface area contributed by atoms with Crippen LogP contribution in [0.3, 0.4) is 0 Å². The Hall–Kier alpha value is -2.72. The summed E-state index contributed by atoms with van der Waals surface area (Å²) in [6.45, 7) is 3.90. The maximum Gasteiger partial charge on any atom is 0.259 e. The number of carbonyl (C=O) groups is 2. The first-order valence-corrected chi connectivity index (χ1v) is 11.8. The fourth-order valence-electron chi connectivity index (χ4n) is 3.77. The number of piperazine rings is 1. The topological polar surface area (TPSA) is 78.9 Å². The average Bonchev–Trinajstić information content (AvgIpc) is 3.41. The Morgan fingerprint density at radius 2 is 1.69 bits per heavy atom. The quantitative estimate of drug-likeness (QED) is 0.438. The monoisotopic (exact) mass is 537 g/mol. The van der Waals surface area contributed by atoms with Gasteiger partial charge in [-0.15, -0.1) is 36.2 Å². The van der Waals surface area contributed by atoms with E-state index in [0.29, 0.717) is 29.4 Å². The highest BCUT2D eigenvalue weighted by molar-refractivity contribution is 7.14. The number of pyridine rings is 1. The molecule has 0 radical (unpaired) electrons. The van der Waals surface area contributed by atoms with Gasteiger partial charge >= 0.3 is 0 Å². The van der Waals surface area contributed by atoms with E-state index in [2.05, 4.69) is 14.9 Å². The summed E-state index contributed by atoms with van der Waals surface area (Å²) in [5, 5.41) is 0.653. The molecule has 2 aromatic heterocycles. The second-order valence-electron chi connectivity index (χ2n) is 7.79. The molecule has 11 heteroatoms. The van der Waals surface area contributed by atoms with Crippen LogP contribution in [-0.4, -0.2) is 78.0 Å². The van der Waals surface area contributed by atoms with Crippen molar-refractivity contribution in [3.63, 3.8) is 0 Å². The third kappa shape index (κ3) is 7.63. The van der Waals surface area contributed by atoms with Gasteiger partial charge in [0.25, 0.3) is 5.91 Å². The van der Waals surface area contributed by atoms with Gasteiger partial charge in [0.1, 0.15) is 17.3 Å². The van der Waals surface area contributed by atoms with E-state index in [1.807, 2.05) is 29.4 Å². The fraction of sp³-hybridized carbons (Fsp3) is 0.333. The van der Waals surface area contributed by atoms with Crippen molar-refractivity contribution < 1.29 is 14.3 Å². The second-order valence-corrected chi connectivity index (χ2v) is 8.65. The van der Waals surface area contributed by atoms with E-state index in [0.717, 1.165) is 26.1 Å². The first kappa shape index (κ1) is 28.5. The van der Waals surface area contributed by atoms with Crippen molar-refractivity contribution in [3.05, 3.63) is 71.6 Å². The summed E-state index contributed by atoms with van der Waals surface area (Å²) in [5.41, 5.74) is 3.43. The SMILES string of the molecule is COc1ccc(C(=O)N(CC(=O)N2CCN(CCc3ccncc3)CC2)c2cncs2)cc1.Cl.Cl. The molecule has 0 saturated carbocycles. The van der Waals surface area contributed by atoms with E-state index >= 15 is 0 Å². The highest BCUT2D eigenvalue weighted by Gasteiger charge is 2.27. The van der Waals surface area contributed by atoms with E-state index in [4.69, 9.17) is 4.74 Å². The first-order valence-electron chi connectivity index (χ1n) is 10.9. The first-order chi connectivity index (χ1) is 16.1. The van der Waals surface area contributed by atoms with Gasteiger partial charge in [0.05, 0.1) is 18.8 Å². The standard InChI is InChI=1S/C24H27N5O3S.2ClH/c1-32-21-4-2-20(3-5-21)24(31)29(23-16-26-18-33-23)17-22(30)28-14-12-27(13-15-28)11-8-19-6-9-25-10-7-19;;/h2-7,9-10,16,18H,8,11-15,17H2,1H3;2*1H. The van der Waals surface area contributed by atoms with Crippen LogP contribution in [-0.2, 0) is 11.2 Å². The van der Waals surface area contributed by atoms with E-state index < -0.39 is 0 Å². The molecule has 0 unspecified atom stereocenters. The Kier molecular flexibility index (Phi) is 11.4. The van der Waals surface area contributed by atoms with Crippen molar-refractivity contribution in [1.29, 1.82) is 0 Å². The number of ether oxygens (including phenoxy) is 1. The maximum absolute atomic E-state index is 13.2. The van der Waals surface area contributed by atoms with Crippen LogP contribution in [0, 0.1) is 0 Å². The molecule has 1 aliphatic heterocycles. The molecule has 3 heterocycles. The summed E-state index contributed by atoms with van der Waals surface area (Å²) in [5.74, 6) is 0.388. The van der Waals surface area contributed by atoms with Crippen molar-refractivity contribution in [3.8, 4) is 5.75 Å². The van der Waals surface area contributed by atoms with Crippen molar-refractivity contribution in [2.75, 3.05) is 51.3 Å². The van der Waals surface area contributed by atoms with E-state index in [9.17, 15) is 9.59 Å². The lowest BCUT2D eigenvalue weighted by molar-refractivity contribution is -0.131. The smallest absolute Gasteiger partial charge is 0.259 e. The minimum absolute atomic E-state index is 0. The van der Waals surface area contributed by atoms with Gasteiger partial charge in [-0.1, -0.05) is 0 Å². The van der Waals surface area contributed by atoms with Gasteiger partial charge in [0.15, 0.2) is 0 Å². The second kappa shape index (κ2) is 14.0. The molecule has 0 spiro atoms. The number of benzene rings is 1. The molecule has 3 aromatic rings. The Labute approximate surface area is 221 Å². The van der Waals surface area contributed by atoms with Crippen LogP contribution >= 0.6 is 36.2 Å². The molecule has 0 aliphatic carbocycles. The van der Waals surface area contributed by atoms with Crippen LogP contribution in [0.15, 0.2) is 60.5 Å². The molecule has 188 valence electrons. The minimum atomic E-state index is -0.230. The van der Waals surface area contributed by atoms with Crippen LogP contribution < -0.4 is 9.64 Å². The average molecular weight is 539 g/mol. The molecule has 1 aliphatic rings. The van der Waals surface area contributed by atoms with Crippen LogP contribution in [0.5, 0.6) is 5.75 Å². The van der Waals surface area contributed by atoms with Crippen LogP contribution in [0.1, 0.15) is 15.9 Å². The summed E-state index contributed by atoms with van der Waals surface area (Å²) in [6, 6.07) is 11.0. The predicted octanol–water partition coefficient (Wildman–Crippen LogP) is 3.42. The highest BCUT2D eigenvalue weighted by atomic mass is 35.5. The molecule has 35 heavy (non-hydrogen) atoms. The highest BCUT2D eigenvalue weighted by Crippen LogP contribution is 2.23. The Morgan fingerprint density at radius 3 is 2.29 bits per heavy atom. The van der Waals surface area contributed by atoms with Crippen LogP contribution in [0.25, 0.3) is 0 Å². The summed E-state index contributed by atoms with van der Waals surface area (Å²) >= 11 is 1.34. The number of methoxy groups -OCH3 is 1. The number of rotatable bonds is 8. The zero-order valence-corrected chi connectivity index (χ0v) is 21.9. The van der Waals surface area contributed by atoms with Crippen molar-refractivity contribution in [1.82, 2.24) is 19.8 Å². The number of hydrogen-bond acceptors (Lipinski definition) is 7. The number of aromatic nitrogens is 2. The number of thiazole rings is 1. The van der Waals surface area contributed by atoms with Crippen molar-refractivity contribution in [2.24, 2.45) is 0 Å². The molecule has 0 bridgehead atoms. The zero-order chi connectivity index (χ0) is 23.0. The van der Waals surface area contributed by atoms with Gasteiger partial charge in [-0.25, -0.2) is 0 Å². The van der Waals surface area contributed by atoms with Gasteiger partial charge < -0.3 is 9.64 Å². The number of nitrogens with zero attached hydrogens (tertiary/aromatic N) is 5. The number of hydrogen-bond donors (Lipinski definition) is 0. The van der Waals surface area contributed by atoms with Gasteiger partial charge in [0.2, 0.25) is 5.91 Å². The molecule has 4 rings (SSSR count). The summed E-state index contributed by atoms with van der Waals surface area (Å²) < 4.78 is 5.18. The van der Waals surface area contributed by atoms with Gasteiger partial charge in [-0.2, -0.15) is 0 Å². The van der Waals surface area contributed by atoms with Gasteiger partial charge in [0, 0.05) is 50.7 Å². The number of anilines is 1. The lowest BCUT2D eigenvalue weighted by atomic mass is 10.2. The Bertz CT molecular complexity index is 1050. The summed E-state index contributed by atoms with van der Waals surface area (Å²) in [6.07, 6.45) is 6.21. The number of halogens is 2. The summed E-state index contributed by atoms with van der Waals surface area (Å²) in [7, 11) is 1.58. The molecule has 0 N–H and O–H groups in total. The van der Waals surface area contributed by atoms with E-state index in [-0.39, 0.29) is 43.2 Å². The molecule has 8 nitrogen and oxygen atoms in total. The minimum Gasteiger partial charge on any atom is -0.497 e. The van der Waals surface area contributed by atoms with E-state index in [1.54, 1.807) is 43.1 Å². The Balaban J connectivity index is 0.00000216. The molecule has 1 saturated heterocycles. The maximum atomic E-state index is 13.2. The molecule has 2 amide bonds. The molecular formula is C24H29Cl2N5O3S. The number of carbonyl (C=O) groups excluding carboxylic acids is 2. The summed E-state index contributed by atoms with van der Waals surface area (Å²) in [4.78, 5) is 40.2. The lowest BCUT2D eigenvalue weighted by Gasteiger charge is -2.35. The zero-order valence-electron chi connectivity index (χ0n) is 19.4. The van der Waals surface area contributed by atoms with Crippen LogP contribution in [0.4, 0.5) is 5.00 Å². The fourth-order valence-corrected chi connectivity index (χ4v) is 4.40. The number of amides is 2. The van der Waals surface area contributed by atoms with Crippen LogP contribution in [0.2, 0.25) is 0 Å². The predicted molar refractivity (Wildman–Crippen MR) is 142 cm³/mol. The van der Waals surface area contributed by atoms with E-state index in [1.165, 1.54) is 21.8 Å². The Morgan fingerprint density at radius 1 is 1.00 bits per heavy atom. The third-order valence-electron chi connectivity index (χ3n) is 5.75. The molecule has 1 fully saturated rings. The normalized spacial score (nSPS) is 13.3. The molecular weight excluding hydrogens is 509 g/mol. The molecule has 0 atom stereocenters. The molecule has 1 aromatic carbocycles. The van der Waals surface area contributed by atoms with Gasteiger partial charge in [-0.05, 0) is 48.4 Å². The lowest BCUT2D eigenvalue weighted by Crippen LogP contribution is -2.52. The van der Waals surface area contributed by atoms with Crippen molar-refractivity contribution in [2.45, 2.75) is 6.42 Å². The largest absolute Gasteiger partial charge is 0.497 e. The third-order valence-corrected chi connectivity index (χ3v) is 6.55.